The molecule has 0 aromatic heterocycles. The van der Waals surface area contributed by atoms with Crippen molar-refractivity contribution in [3.05, 3.63) is 46.5 Å². The first-order valence-corrected chi connectivity index (χ1v) is 6.32. The van der Waals surface area contributed by atoms with E-state index >= 15 is 0 Å². The Morgan fingerprint density at radius 2 is 2.19 bits per heavy atom. The van der Waals surface area contributed by atoms with Crippen molar-refractivity contribution in [2.45, 2.75) is 38.1 Å². The van der Waals surface area contributed by atoms with Gasteiger partial charge in [0, 0.05) is 11.1 Å². The maximum absolute atomic E-state index is 6.22. The maximum atomic E-state index is 6.22. The molecule has 0 aliphatic heterocycles. The predicted molar refractivity (Wildman–Crippen MR) is 69.7 cm³/mol. The Bertz CT molecular complexity index is 384. The van der Waals surface area contributed by atoms with Crippen molar-refractivity contribution in [2.75, 3.05) is 0 Å². The van der Waals surface area contributed by atoms with Gasteiger partial charge in [0.25, 0.3) is 0 Å². The lowest BCUT2D eigenvalue weighted by Crippen LogP contribution is -2.26. The van der Waals surface area contributed by atoms with Gasteiger partial charge in [-0.25, -0.2) is 0 Å². The van der Waals surface area contributed by atoms with Crippen molar-refractivity contribution in [3.8, 4) is 0 Å². The van der Waals surface area contributed by atoms with Crippen LogP contribution in [0.3, 0.4) is 0 Å². The molecule has 86 valence electrons. The SMILES string of the molecule is NC(Cc1cccc(Cl)c1)C1=CCCCC1. The number of benzene rings is 1. The molecule has 0 amide bonds. The third kappa shape index (κ3) is 3.10. The summed E-state index contributed by atoms with van der Waals surface area (Å²) in [5.74, 6) is 0. The fourth-order valence-electron chi connectivity index (χ4n) is 2.25. The lowest BCUT2D eigenvalue weighted by Gasteiger charge is -2.19. The molecule has 2 rings (SSSR count). The third-order valence-corrected chi connectivity index (χ3v) is 3.38. The smallest absolute Gasteiger partial charge is 0.0408 e. The molecule has 0 heterocycles. The number of hydrogen-bond acceptors (Lipinski definition) is 1. The predicted octanol–water partition coefficient (Wildman–Crippen LogP) is 3.71. The van der Waals surface area contributed by atoms with Gasteiger partial charge in [-0.2, -0.15) is 0 Å². The van der Waals surface area contributed by atoms with Crippen LogP contribution in [0.1, 0.15) is 31.2 Å². The molecule has 1 atom stereocenters. The summed E-state index contributed by atoms with van der Waals surface area (Å²) in [5, 5.41) is 0.794. The van der Waals surface area contributed by atoms with Crippen LogP contribution in [0.5, 0.6) is 0 Å². The molecular formula is C14H18ClN. The van der Waals surface area contributed by atoms with Crippen molar-refractivity contribution < 1.29 is 0 Å². The van der Waals surface area contributed by atoms with Crippen molar-refractivity contribution >= 4 is 11.6 Å². The van der Waals surface area contributed by atoms with Gasteiger partial charge in [-0.15, -0.1) is 0 Å². The third-order valence-electron chi connectivity index (χ3n) is 3.15. The molecule has 1 aromatic rings. The molecule has 1 aromatic carbocycles. The minimum absolute atomic E-state index is 0.166. The van der Waals surface area contributed by atoms with Crippen LogP contribution in [0.25, 0.3) is 0 Å². The molecule has 0 saturated carbocycles. The summed E-state index contributed by atoms with van der Waals surface area (Å²) in [6, 6.07) is 8.15. The van der Waals surface area contributed by atoms with E-state index in [1.807, 2.05) is 18.2 Å². The molecule has 2 N–H and O–H groups in total. The second kappa shape index (κ2) is 5.51. The fraction of sp³-hybridized carbons (Fsp3) is 0.429. The number of nitrogens with two attached hydrogens (primary N) is 1. The van der Waals surface area contributed by atoms with Crippen LogP contribution in [-0.2, 0) is 6.42 Å². The van der Waals surface area contributed by atoms with Crippen LogP contribution in [0, 0.1) is 0 Å². The lowest BCUT2D eigenvalue weighted by molar-refractivity contribution is 0.630. The topological polar surface area (TPSA) is 26.0 Å². The van der Waals surface area contributed by atoms with Crippen LogP contribution in [0.15, 0.2) is 35.9 Å². The van der Waals surface area contributed by atoms with E-state index in [0.717, 1.165) is 11.4 Å². The summed E-state index contributed by atoms with van der Waals surface area (Å²) in [7, 11) is 0. The summed E-state index contributed by atoms with van der Waals surface area (Å²) in [6.07, 6.45) is 8.17. The first kappa shape index (κ1) is 11.7. The Morgan fingerprint density at radius 1 is 1.31 bits per heavy atom. The maximum Gasteiger partial charge on any atom is 0.0408 e. The summed E-state index contributed by atoms with van der Waals surface area (Å²) in [6.45, 7) is 0. The van der Waals surface area contributed by atoms with Gasteiger partial charge in [0.2, 0.25) is 0 Å². The van der Waals surface area contributed by atoms with Gasteiger partial charge in [0.1, 0.15) is 0 Å². The lowest BCUT2D eigenvalue weighted by atomic mass is 9.91. The molecule has 1 nitrogen and oxygen atoms in total. The largest absolute Gasteiger partial charge is 0.324 e. The van der Waals surface area contributed by atoms with Crippen molar-refractivity contribution in [3.63, 3.8) is 0 Å². The number of rotatable bonds is 3. The standard InChI is InChI=1S/C14H18ClN/c15-13-8-4-5-11(9-13)10-14(16)12-6-2-1-3-7-12/h4-6,8-9,14H,1-3,7,10,16H2. The van der Waals surface area contributed by atoms with Gasteiger partial charge in [0.15, 0.2) is 0 Å². The highest BCUT2D eigenvalue weighted by molar-refractivity contribution is 6.30. The van der Waals surface area contributed by atoms with E-state index < -0.39 is 0 Å². The Balaban J connectivity index is 2.01. The van der Waals surface area contributed by atoms with Crippen LogP contribution in [-0.4, -0.2) is 6.04 Å². The van der Waals surface area contributed by atoms with Gasteiger partial charge in [-0.1, -0.05) is 35.4 Å². The average molecular weight is 236 g/mol. The second-order valence-electron chi connectivity index (χ2n) is 4.47. The molecule has 1 unspecified atom stereocenters. The fourth-order valence-corrected chi connectivity index (χ4v) is 2.46. The van der Waals surface area contributed by atoms with Crippen LogP contribution in [0.4, 0.5) is 0 Å². The van der Waals surface area contributed by atoms with Crippen molar-refractivity contribution in [2.24, 2.45) is 5.73 Å². The molecule has 16 heavy (non-hydrogen) atoms. The van der Waals surface area contributed by atoms with E-state index in [0.29, 0.717) is 0 Å². The normalized spacial score (nSPS) is 18.0. The zero-order chi connectivity index (χ0) is 11.4. The van der Waals surface area contributed by atoms with Crippen LogP contribution in [0.2, 0.25) is 5.02 Å². The molecule has 0 saturated heterocycles. The van der Waals surface area contributed by atoms with Crippen LogP contribution >= 0.6 is 11.6 Å². The number of allylic oxidation sites excluding steroid dienone is 1. The highest BCUT2D eigenvalue weighted by Crippen LogP contribution is 2.22. The number of halogens is 1. The van der Waals surface area contributed by atoms with Crippen molar-refractivity contribution in [1.29, 1.82) is 0 Å². The Morgan fingerprint density at radius 3 is 2.88 bits per heavy atom. The Labute approximate surface area is 102 Å². The zero-order valence-corrected chi connectivity index (χ0v) is 10.2. The average Bonchev–Trinajstić information content (AvgIpc) is 2.30. The van der Waals surface area contributed by atoms with Gasteiger partial charge < -0.3 is 5.73 Å². The molecule has 0 radical (unpaired) electrons. The van der Waals surface area contributed by atoms with E-state index in [1.165, 1.54) is 36.8 Å². The molecule has 0 spiro atoms. The molecule has 2 heteroatoms. The second-order valence-corrected chi connectivity index (χ2v) is 4.90. The van der Waals surface area contributed by atoms with E-state index in [9.17, 15) is 0 Å². The monoisotopic (exact) mass is 235 g/mol. The van der Waals surface area contributed by atoms with E-state index in [-0.39, 0.29) is 6.04 Å². The molecule has 0 bridgehead atoms. The number of hydrogen-bond donors (Lipinski definition) is 1. The summed E-state index contributed by atoms with van der Waals surface area (Å²) in [5.41, 5.74) is 8.87. The first-order valence-electron chi connectivity index (χ1n) is 5.94. The summed E-state index contributed by atoms with van der Waals surface area (Å²) >= 11 is 5.96. The summed E-state index contributed by atoms with van der Waals surface area (Å²) < 4.78 is 0. The molecule has 1 aliphatic carbocycles. The van der Waals surface area contributed by atoms with E-state index in [4.69, 9.17) is 17.3 Å². The highest BCUT2D eigenvalue weighted by Gasteiger charge is 2.12. The van der Waals surface area contributed by atoms with Crippen molar-refractivity contribution in [1.82, 2.24) is 0 Å². The Hall–Kier alpha value is -0.790. The van der Waals surface area contributed by atoms with E-state index in [1.54, 1.807) is 0 Å². The minimum Gasteiger partial charge on any atom is -0.324 e. The summed E-state index contributed by atoms with van der Waals surface area (Å²) in [4.78, 5) is 0. The van der Waals surface area contributed by atoms with Crippen LogP contribution < -0.4 is 5.73 Å². The van der Waals surface area contributed by atoms with Gasteiger partial charge >= 0.3 is 0 Å². The minimum atomic E-state index is 0.166. The Kier molecular flexibility index (Phi) is 4.03. The molecular weight excluding hydrogens is 218 g/mol. The van der Waals surface area contributed by atoms with E-state index in [2.05, 4.69) is 12.1 Å². The van der Waals surface area contributed by atoms with Gasteiger partial charge in [-0.3, -0.25) is 0 Å². The highest BCUT2D eigenvalue weighted by atomic mass is 35.5. The molecule has 0 fully saturated rings. The zero-order valence-electron chi connectivity index (χ0n) is 9.45. The van der Waals surface area contributed by atoms with Gasteiger partial charge in [-0.05, 0) is 49.8 Å². The first-order chi connectivity index (χ1) is 7.75. The van der Waals surface area contributed by atoms with Gasteiger partial charge in [0.05, 0.1) is 0 Å². The molecule has 1 aliphatic rings. The quantitative estimate of drug-likeness (QED) is 0.795.